The molecule has 2 amide bonds. The quantitative estimate of drug-likeness (QED) is 0.791. The maximum Gasteiger partial charge on any atom is 0.238 e. The minimum Gasteiger partial charge on any atom is -0.369 e. The summed E-state index contributed by atoms with van der Waals surface area (Å²) in [5, 5.41) is 7.25. The van der Waals surface area contributed by atoms with E-state index in [9.17, 15) is 9.59 Å². The van der Waals surface area contributed by atoms with E-state index in [2.05, 4.69) is 15.4 Å². The molecule has 2 aromatic rings. The zero-order valence-corrected chi connectivity index (χ0v) is 15.8. The normalized spacial score (nSPS) is 20.4. The van der Waals surface area contributed by atoms with Crippen molar-refractivity contribution in [1.82, 2.24) is 19.7 Å². The van der Waals surface area contributed by atoms with E-state index in [4.69, 9.17) is 5.73 Å². The first-order valence-electron chi connectivity index (χ1n) is 9.22. The van der Waals surface area contributed by atoms with Gasteiger partial charge in [0.25, 0.3) is 0 Å². The molecular formula is C19H26N6O2. The van der Waals surface area contributed by atoms with Crippen molar-refractivity contribution in [1.29, 1.82) is 0 Å². The van der Waals surface area contributed by atoms with E-state index in [0.717, 1.165) is 25.2 Å². The summed E-state index contributed by atoms with van der Waals surface area (Å²) in [6.45, 7) is 5.92. The molecule has 0 aliphatic carbocycles. The molecule has 3 rings (SSSR count). The summed E-state index contributed by atoms with van der Waals surface area (Å²) in [5.74, 6) is -0.526. The van der Waals surface area contributed by atoms with Gasteiger partial charge in [-0.25, -0.2) is 0 Å². The number of primary amides is 1. The van der Waals surface area contributed by atoms with Crippen molar-refractivity contribution in [3.05, 3.63) is 42.0 Å². The summed E-state index contributed by atoms with van der Waals surface area (Å²) in [7, 11) is 0. The fourth-order valence-electron chi connectivity index (χ4n) is 3.66. The number of amides is 2. The summed E-state index contributed by atoms with van der Waals surface area (Å²) in [5.41, 5.74) is 7.08. The fourth-order valence-corrected chi connectivity index (χ4v) is 3.66. The van der Waals surface area contributed by atoms with Gasteiger partial charge in [0, 0.05) is 25.5 Å². The second-order valence-corrected chi connectivity index (χ2v) is 7.01. The van der Waals surface area contributed by atoms with Crippen LogP contribution in [-0.4, -0.2) is 51.1 Å². The van der Waals surface area contributed by atoms with Crippen molar-refractivity contribution in [2.75, 3.05) is 25.0 Å². The maximum absolute atomic E-state index is 12.5. The highest BCUT2D eigenvalue weighted by atomic mass is 16.2. The smallest absolute Gasteiger partial charge is 0.238 e. The molecule has 0 aromatic carbocycles. The van der Waals surface area contributed by atoms with E-state index < -0.39 is 11.3 Å². The number of pyridine rings is 1. The third-order valence-corrected chi connectivity index (χ3v) is 5.11. The Morgan fingerprint density at radius 2 is 2.19 bits per heavy atom. The van der Waals surface area contributed by atoms with Crippen LogP contribution in [-0.2, 0) is 21.5 Å². The minimum absolute atomic E-state index is 0.130. The Hall–Kier alpha value is -2.74. The number of nitrogens with two attached hydrogens (primary N) is 1. The van der Waals surface area contributed by atoms with Gasteiger partial charge in [-0.15, -0.1) is 0 Å². The molecular weight excluding hydrogens is 344 g/mol. The number of rotatable bonds is 6. The van der Waals surface area contributed by atoms with E-state index in [1.165, 1.54) is 0 Å². The third-order valence-electron chi connectivity index (χ3n) is 5.11. The predicted octanol–water partition coefficient (Wildman–Crippen LogP) is 1.06. The molecule has 144 valence electrons. The van der Waals surface area contributed by atoms with Crippen LogP contribution in [0.25, 0.3) is 0 Å². The lowest BCUT2D eigenvalue weighted by atomic mass is 9.76. The summed E-state index contributed by atoms with van der Waals surface area (Å²) in [4.78, 5) is 31.2. The highest BCUT2D eigenvalue weighted by Crippen LogP contribution is 2.32. The molecule has 1 aliphatic heterocycles. The molecule has 0 radical (unpaired) electrons. The van der Waals surface area contributed by atoms with Gasteiger partial charge in [-0.05, 0) is 45.4 Å². The number of hydrogen-bond donors (Lipinski definition) is 2. The van der Waals surface area contributed by atoms with E-state index in [-0.39, 0.29) is 12.5 Å². The van der Waals surface area contributed by atoms with E-state index in [1.54, 1.807) is 10.9 Å². The van der Waals surface area contributed by atoms with E-state index in [0.29, 0.717) is 24.3 Å². The number of carbonyl (C=O) groups excluding carboxylic acids is 2. The monoisotopic (exact) mass is 370 g/mol. The Balaban J connectivity index is 1.71. The fraction of sp³-hybridized carbons (Fsp3) is 0.474. The van der Waals surface area contributed by atoms with Crippen molar-refractivity contribution in [2.24, 2.45) is 5.73 Å². The molecule has 0 unspecified atom stereocenters. The molecule has 0 saturated carbocycles. The van der Waals surface area contributed by atoms with Gasteiger partial charge in [-0.1, -0.05) is 6.07 Å². The molecule has 27 heavy (non-hydrogen) atoms. The Labute approximate surface area is 158 Å². The van der Waals surface area contributed by atoms with Gasteiger partial charge in [0.05, 0.1) is 23.6 Å². The lowest BCUT2D eigenvalue weighted by Crippen LogP contribution is -2.55. The Kier molecular flexibility index (Phi) is 5.55. The van der Waals surface area contributed by atoms with Crippen molar-refractivity contribution >= 4 is 17.5 Å². The lowest BCUT2D eigenvalue weighted by Gasteiger charge is -2.40. The summed E-state index contributed by atoms with van der Waals surface area (Å²) in [6.07, 6.45) is 4.91. The molecule has 8 heteroatoms. The number of aromatic nitrogens is 3. The van der Waals surface area contributed by atoms with Crippen LogP contribution < -0.4 is 11.1 Å². The Morgan fingerprint density at radius 1 is 1.37 bits per heavy atom. The zero-order chi connectivity index (χ0) is 19.4. The van der Waals surface area contributed by atoms with Crippen LogP contribution >= 0.6 is 0 Å². The van der Waals surface area contributed by atoms with Gasteiger partial charge in [0.2, 0.25) is 11.8 Å². The number of aryl methyl sites for hydroxylation is 2. The number of nitrogens with one attached hydrogen (secondary N) is 1. The predicted molar refractivity (Wildman–Crippen MR) is 102 cm³/mol. The average Bonchev–Trinajstić information content (AvgIpc) is 3.02. The van der Waals surface area contributed by atoms with Crippen molar-refractivity contribution < 1.29 is 9.59 Å². The first-order chi connectivity index (χ1) is 12.9. The molecule has 1 atom stereocenters. The highest BCUT2D eigenvalue weighted by molar-refractivity contribution is 5.93. The maximum atomic E-state index is 12.5. The molecule has 1 saturated heterocycles. The van der Waals surface area contributed by atoms with Crippen LogP contribution in [0, 0.1) is 6.92 Å². The van der Waals surface area contributed by atoms with Gasteiger partial charge in [-0.2, -0.15) is 5.10 Å². The molecule has 3 heterocycles. The first kappa shape index (κ1) is 19.0. The Bertz CT molecular complexity index is 819. The topological polar surface area (TPSA) is 106 Å². The molecule has 1 aliphatic rings. The summed E-state index contributed by atoms with van der Waals surface area (Å²) in [6, 6.07) is 5.49. The second-order valence-electron chi connectivity index (χ2n) is 7.01. The van der Waals surface area contributed by atoms with Gasteiger partial charge < -0.3 is 11.1 Å². The average molecular weight is 370 g/mol. The molecule has 8 nitrogen and oxygen atoms in total. The van der Waals surface area contributed by atoms with Gasteiger partial charge in [0.1, 0.15) is 5.41 Å². The number of hydrogen-bond acceptors (Lipinski definition) is 5. The van der Waals surface area contributed by atoms with Crippen molar-refractivity contribution in [2.45, 2.75) is 38.6 Å². The number of anilines is 1. The van der Waals surface area contributed by atoms with Gasteiger partial charge in [-0.3, -0.25) is 24.2 Å². The van der Waals surface area contributed by atoms with Gasteiger partial charge in [0.15, 0.2) is 0 Å². The molecule has 2 aromatic heterocycles. The Morgan fingerprint density at radius 3 is 2.81 bits per heavy atom. The number of likely N-dealkylation sites (tertiary alicyclic amines) is 1. The van der Waals surface area contributed by atoms with E-state index >= 15 is 0 Å². The summed E-state index contributed by atoms with van der Waals surface area (Å²) < 4.78 is 1.78. The zero-order valence-electron chi connectivity index (χ0n) is 15.8. The van der Waals surface area contributed by atoms with Crippen molar-refractivity contribution in [3.8, 4) is 0 Å². The number of carbonyl (C=O) groups is 2. The standard InChI is InChI=1S/C19H26N6O2/c1-3-25-11-15(14(2)23-25)22-17(26)12-24-10-6-8-19(13-24,18(20)27)16-7-4-5-9-21-16/h4-5,7,9,11H,3,6,8,10,12-13H2,1-2H3,(H2,20,27)(H,22,26)/t19-/m1/s1. The molecule has 3 N–H and O–H groups in total. The lowest BCUT2D eigenvalue weighted by molar-refractivity contribution is -0.127. The van der Waals surface area contributed by atoms with Gasteiger partial charge >= 0.3 is 0 Å². The molecule has 0 spiro atoms. The molecule has 1 fully saturated rings. The van der Waals surface area contributed by atoms with Crippen LogP contribution in [0.5, 0.6) is 0 Å². The van der Waals surface area contributed by atoms with Crippen molar-refractivity contribution in [3.63, 3.8) is 0 Å². The highest BCUT2D eigenvalue weighted by Gasteiger charge is 2.43. The number of piperidine rings is 1. The molecule has 0 bridgehead atoms. The minimum atomic E-state index is -0.858. The number of nitrogens with zero attached hydrogens (tertiary/aromatic N) is 4. The SMILES string of the molecule is CCn1cc(NC(=O)CN2CCC[C@](C(N)=O)(c3ccccn3)C2)c(C)n1. The van der Waals surface area contributed by atoms with Crippen LogP contribution in [0.3, 0.4) is 0 Å². The second kappa shape index (κ2) is 7.87. The van der Waals surface area contributed by atoms with Crippen LogP contribution in [0.15, 0.2) is 30.6 Å². The van der Waals surface area contributed by atoms with Crippen LogP contribution in [0.2, 0.25) is 0 Å². The van der Waals surface area contributed by atoms with Crippen LogP contribution in [0.4, 0.5) is 5.69 Å². The van der Waals surface area contributed by atoms with E-state index in [1.807, 2.05) is 43.1 Å². The van der Waals surface area contributed by atoms with Crippen LogP contribution in [0.1, 0.15) is 31.2 Å². The first-order valence-corrected chi connectivity index (χ1v) is 9.22. The summed E-state index contributed by atoms with van der Waals surface area (Å²) >= 11 is 0. The third kappa shape index (κ3) is 4.00. The largest absolute Gasteiger partial charge is 0.369 e.